The highest BCUT2D eigenvalue weighted by Gasteiger charge is 2.00. The van der Waals surface area contributed by atoms with E-state index < -0.39 is 5.91 Å². The maximum absolute atomic E-state index is 10.4. The molecule has 14 heavy (non-hydrogen) atoms. The van der Waals surface area contributed by atoms with Gasteiger partial charge in [0, 0.05) is 0 Å². The Balaban J connectivity index is 2.64. The highest BCUT2D eigenvalue weighted by molar-refractivity contribution is 7.80. The molecule has 0 saturated carbocycles. The van der Waals surface area contributed by atoms with Gasteiger partial charge in [0.2, 0.25) is 5.91 Å². The van der Waals surface area contributed by atoms with Crippen LogP contribution in [-0.2, 0) is 4.79 Å². The normalized spacial score (nSPS) is 9.43. The zero-order chi connectivity index (χ0) is 10.6. The lowest BCUT2D eigenvalue weighted by molar-refractivity contribution is -0.116. The molecule has 0 aliphatic rings. The molecule has 0 fully saturated rings. The molecule has 0 atom stereocenters. The number of aromatic nitrogens is 2. The fourth-order valence-electron chi connectivity index (χ4n) is 0.724. The van der Waals surface area contributed by atoms with Gasteiger partial charge in [-0.2, -0.15) is 0 Å². The molecule has 1 aromatic rings. The molecule has 0 aliphatic heterocycles. The molecule has 74 valence electrons. The largest absolute Gasteiger partial charge is 0.388 e. The zero-order valence-corrected chi connectivity index (χ0v) is 8.04. The summed E-state index contributed by atoms with van der Waals surface area (Å²) in [5.41, 5.74) is 10.7. The fraction of sp³-hybridized carbons (Fsp3) is 0.143. The standard InChI is InChI=1S/C7H9N5OS/c8-5(13)2-12-6-3-10-4(1-11-6)7(9)14/h1,3H,2H2,(H2,8,13)(H2,9,14)(H,11,12). The van der Waals surface area contributed by atoms with Crippen molar-refractivity contribution >= 4 is 28.9 Å². The summed E-state index contributed by atoms with van der Waals surface area (Å²) in [5.74, 6) is -0.0194. The Hall–Kier alpha value is -1.76. The third-order valence-electron chi connectivity index (χ3n) is 1.35. The van der Waals surface area contributed by atoms with E-state index in [1.54, 1.807) is 0 Å². The van der Waals surface area contributed by atoms with Crippen molar-refractivity contribution in [2.45, 2.75) is 0 Å². The summed E-state index contributed by atoms with van der Waals surface area (Å²) < 4.78 is 0. The maximum atomic E-state index is 10.4. The molecule has 0 unspecified atom stereocenters. The number of anilines is 1. The van der Waals surface area contributed by atoms with E-state index in [1.807, 2.05) is 0 Å². The fourth-order valence-corrected chi connectivity index (χ4v) is 0.830. The van der Waals surface area contributed by atoms with Crippen LogP contribution in [0, 0.1) is 0 Å². The van der Waals surface area contributed by atoms with Crippen LogP contribution in [0.5, 0.6) is 0 Å². The molecule has 0 spiro atoms. The van der Waals surface area contributed by atoms with Gasteiger partial charge >= 0.3 is 0 Å². The average Bonchev–Trinajstić information content (AvgIpc) is 2.15. The number of nitrogens with two attached hydrogens (primary N) is 2. The number of primary amides is 1. The van der Waals surface area contributed by atoms with Crippen LogP contribution in [0.2, 0.25) is 0 Å². The topological polar surface area (TPSA) is 107 Å². The van der Waals surface area contributed by atoms with Crippen molar-refractivity contribution in [2.75, 3.05) is 11.9 Å². The maximum Gasteiger partial charge on any atom is 0.236 e. The predicted molar refractivity (Wildman–Crippen MR) is 55.6 cm³/mol. The summed E-state index contributed by atoms with van der Waals surface area (Å²) in [6, 6.07) is 0. The molecule has 0 radical (unpaired) electrons. The summed E-state index contributed by atoms with van der Waals surface area (Å²) in [6.45, 7) is 0.0150. The van der Waals surface area contributed by atoms with Crippen LogP contribution in [0.15, 0.2) is 12.4 Å². The lowest BCUT2D eigenvalue weighted by atomic mass is 10.4. The van der Waals surface area contributed by atoms with Crippen LogP contribution in [0.25, 0.3) is 0 Å². The molecule has 0 saturated heterocycles. The van der Waals surface area contributed by atoms with Crippen molar-refractivity contribution in [3.05, 3.63) is 18.1 Å². The van der Waals surface area contributed by atoms with Gasteiger partial charge in [0.15, 0.2) is 0 Å². The molecule has 0 bridgehead atoms. The second kappa shape index (κ2) is 4.47. The Kier molecular flexibility index (Phi) is 3.29. The van der Waals surface area contributed by atoms with Crippen LogP contribution in [0.1, 0.15) is 5.69 Å². The van der Waals surface area contributed by atoms with Gasteiger partial charge < -0.3 is 16.8 Å². The highest BCUT2D eigenvalue weighted by Crippen LogP contribution is 1.99. The SMILES string of the molecule is NC(=O)CNc1cnc(C(N)=S)cn1. The van der Waals surface area contributed by atoms with E-state index in [2.05, 4.69) is 15.3 Å². The van der Waals surface area contributed by atoms with E-state index in [1.165, 1.54) is 12.4 Å². The van der Waals surface area contributed by atoms with E-state index in [9.17, 15) is 4.79 Å². The first-order chi connectivity index (χ1) is 6.59. The minimum absolute atomic E-state index is 0.0150. The van der Waals surface area contributed by atoms with Gasteiger partial charge in [0.1, 0.15) is 16.5 Å². The van der Waals surface area contributed by atoms with Crippen molar-refractivity contribution in [3.63, 3.8) is 0 Å². The Morgan fingerprint density at radius 2 is 2.14 bits per heavy atom. The summed E-state index contributed by atoms with van der Waals surface area (Å²) in [4.78, 5) is 18.4. The Bertz CT molecular complexity index is 350. The Labute approximate surface area is 85.7 Å². The van der Waals surface area contributed by atoms with E-state index in [4.69, 9.17) is 23.7 Å². The number of carbonyl (C=O) groups is 1. The van der Waals surface area contributed by atoms with Crippen molar-refractivity contribution in [1.29, 1.82) is 0 Å². The second-order valence-corrected chi connectivity index (χ2v) is 2.91. The van der Waals surface area contributed by atoms with E-state index in [0.29, 0.717) is 11.5 Å². The molecular weight excluding hydrogens is 202 g/mol. The number of rotatable bonds is 4. The molecular formula is C7H9N5OS. The van der Waals surface area contributed by atoms with Gasteiger partial charge in [-0.1, -0.05) is 12.2 Å². The Morgan fingerprint density at radius 3 is 2.57 bits per heavy atom. The smallest absolute Gasteiger partial charge is 0.236 e. The van der Waals surface area contributed by atoms with Crippen LogP contribution in [0.4, 0.5) is 5.82 Å². The van der Waals surface area contributed by atoms with Crippen LogP contribution >= 0.6 is 12.2 Å². The van der Waals surface area contributed by atoms with Gasteiger partial charge in [-0.3, -0.25) is 4.79 Å². The van der Waals surface area contributed by atoms with Crippen molar-refractivity contribution < 1.29 is 4.79 Å². The van der Waals surface area contributed by atoms with E-state index in [0.717, 1.165) is 0 Å². The number of nitrogens with one attached hydrogen (secondary N) is 1. The zero-order valence-electron chi connectivity index (χ0n) is 7.23. The molecule has 1 aromatic heterocycles. The summed E-state index contributed by atoms with van der Waals surface area (Å²) in [5, 5.41) is 2.68. The molecule has 7 heteroatoms. The van der Waals surface area contributed by atoms with Gasteiger partial charge in [0.05, 0.1) is 18.9 Å². The predicted octanol–water partition coefficient (Wildman–Crippen LogP) is -0.992. The lowest BCUT2D eigenvalue weighted by Crippen LogP contribution is -2.22. The first-order valence-electron chi connectivity index (χ1n) is 3.73. The monoisotopic (exact) mass is 211 g/mol. The van der Waals surface area contributed by atoms with Crippen molar-refractivity contribution in [2.24, 2.45) is 11.5 Å². The molecule has 0 aliphatic carbocycles. The molecule has 5 N–H and O–H groups in total. The molecule has 1 rings (SSSR count). The van der Waals surface area contributed by atoms with Crippen LogP contribution in [-0.4, -0.2) is 27.4 Å². The number of hydrogen-bond donors (Lipinski definition) is 3. The summed E-state index contributed by atoms with van der Waals surface area (Å²) in [6.07, 6.45) is 2.85. The third-order valence-corrected chi connectivity index (χ3v) is 1.56. The van der Waals surface area contributed by atoms with Gasteiger partial charge in [-0.15, -0.1) is 0 Å². The molecule has 0 aromatic carbocycles. The van der Waals surface area contributed by atoms with Crippen molar-refractivity contribution in [1.82, 2.24) is 9.97 Å². The molecule has 6 nitrogen and oxygen atoms in total. The Morgan fingerprint density at radius 1 is 1.43 bits per heavy atom. The number of hydrogen-bond acceptors (Lipinski definition) is 5. The minimum Gasteiger partial charge on any atom is -0.388 e. The number of nitrogens with zero attached hydrogens (tertiary/aromatic N) is 2. The number of carbonyl (C=O) groups excluding carboxylic acids is 1. The molecule has 1 amide bonds. The van der Waals surface area contributed by atoms with Gasteiger partial charge in [-0.05, 0) is 0 Å². The second-order valence-electron chi connectivity index (χ2n) is 2.47. The third kappa shape index (κ3) is 2.94. The quantitative estimate of drug-likeness (QED) is 0.552. The van der Waals surface area contributed by atoms with Gasteiger partial charge in [-0.25, -0.2) is 9.97 Å². The van der Waals surface area contributed by atoms with Crippen LogP contribution < -0.4 is 16.8 Å². The van der Waals surface area contributed by atoms with Crippen molar-refractivity contribution in [3.8, 4) is 0 Å². The summed E-state index contributed by atoms with van der Waals surface area (Å²) >= 11 is 4.69. The van der Waals surface area contributed by atoms with Crippen LogP contribution in [0.3, 0.4) is 0 Å². The number of amides is 1. The van der Waals surface area contributed by atoms with E-state index in [-0.39, 0.29) is 11.5 Å². The highest BCUT2D eigenvalue weighted by atomic mass is 32.1. The molecule has 1 heterocycles. The minimum atomic E-state index is -0.467. The first-order valence-corrected chi connectivity index (χ1v) is 4.14. The van der Waals surface area contributed by atoms with Gasteiger partial charge in [0.25, 0.3) is 0 Å². The summed E-state index contributed by atoms with van der Waals surface area (Å²) in [7, 11) is 0. The first kappa shape index (κ1) is 10.3. The van der Waals surface area contributed by atoms with E-state index >= 15 is 0 Å². The average molecular weight is 211 g/mol. The lowest BCUT2D eigenvalue weighted by Gasteiger charge is -2.02. The number of thiocarbonyl (C=S) groups is 1.